The van der Waals surface area contributed by atoms with Gasteiger partial charge in [0, 0.05) is 18.7 Å². The summed E-state index contributed by atoms with van der Waals surface area (Å²) in [7, 11) is 0. The van der Waals surface area contributed by atoms with Gasteiger partial charge in [0.2, 0.25) is 17.7 Å². The lowest BCUT2D eigenvalue weighted by atomic mass is 10.1. The minimum absolute atomic E-state index is 0.0106. The van der Waals surface area contributed by atoms with E-state index in [0.717, 1.165) is 0 Å². The summed E-state index contributed by atoms with van der Waals surface area (Å²) in [6.45, 7) is -0.230. The van der Waals surface area contributed by atoms with E-state index in [1.54, 1.807) is 0 Å². The predicted octanol–water partition coefficient (Wildman–Crippen LogP) is -3.67. The highest BCUT2D eigenvalue weighted by molar-refractivity contribution is 7.80. The molecule has 3 amide bonds. The van der Waals surface area contributed by atoms with Gasteiger partial charge < -0.3 is 43.4 Å². The summed E-state index contributed by atoms with van der Waals surface area (Å²) in [5.74, 6) is -5.16. The molecule has 176 valence electrons. The largest absolute Gasteiger partial charge is 0.481 e. The molecule has 0 aliphatic carbocycles. The third kappa shape index (κ3) is 12.3. The van der Waals surface area contributed by atoms with Gasteiger partial charge in [0.05, 0.1) is 6.54 Å². The molecule has 0 bridgehead atoms. The minimum Gasteiger partial charge on any atom is -0.481 e. The van der Waals surface area contributed by atoms with Gasteiger partial charge in [-0.05, 0) is 19.3 Å². The highest BCUT2D eigenvalue weighted by atomic mass is 32.1. The maximum atomic E-state index is 12.6. The number of carboxylic acids is 2. The number of nitrogens with zero attached hydrogens (tertiary/aromatic N) is 1. The molecule has 15 heteroatoms. The van der Waals surface area contributed by atoms with Crippen LogP contribution in [0.1, 0.15) is 25.7 Å². The number of hydrogen-bond acceptors (Lipinski definition) is 8. The zero-order chi connectivity index (χ0) is 24.0. The van der Waals surface area contributed by atoms with Gasteiger partial charge in [-0.15, -0.1) is 0 Å². The second-order valence-electron chi connectivity index (χ2n) is 6.35. The van der Waals surface area contributed by atoms with Gasteiger partial charge in [0.1, 0.15) is 18.1 Å². The Bertz CT molecular complexity index is 685. The summed E-state index contributed by atoms with van der Waals surface area (Å²) in [6.07, 6.45) is -0.546. The van der Waals surface area contributed by atoms with Crippen LogP contribution in [0.3, 0.4) is 0 Å². The number of carboxylic acid groups (broad SMARTS) is 2. The zero-order valence-electron chi connectivity index (χ0n) is 16.7. The van der Waals surface area contributed by atoms with Crippen LogP contribution in [0.4, 0.5) is 0 Å². The number of thiol groups is 1. The lowest BCUT2D eigenvalue weighted by Crippen LogP contribution is -2.56. The van der Waals surface area contributed by atoms with E-state index in [2.05, 4.69) is 33.6 Å². The fraction of sp³-hybridized carbons (Fsp3) is 0.625. The number of carbonyl (C=O) groups is 5. The van der Waals surface area contributed by atoms with Crippen LogP contribution in [0.25, 0.3) is 0 Å². The van der Waals surface area contributed by atoms with Crippen LogP contribution in [0, 0.1) is 0 Å². The molecule has 0 aliphatic rings. The molecule has 3 atom stereocenters. The third-order valence-electron chi connectivity index (χ3n) is 3.86. The van der Waals surface area contributed by atoms with Crippen LogP contribution in [0.5, 0.6) is 0 Å². The van der Waals surface area contributed by atoms with Crippen molar-refractivity contribution in [2.45, 2.75) is 43.8 Å². The maximum absolute atomic E-state index is 12.6. The first kappa shape index (κ1) is 27.9. The number of carbonyl (C=O) groups excluding carboxylic acids is 3. The van der Waals surface area contributed by atoms with Crippen molar-refractivity contribution in [3.8, 4) is 0 Å². The Balaban J connectivity index is 5.21. The maximum Gasteiger partial charge on any atom is 0.326 e. The molecular weight excluding hydrogens is 434 g/mol. The lowest BCUT2D eigenvalue weighted by molar-refractivity contribution is -0.143. The molecule has 14 nitrogen and oxygen atoms in total. The van der Waals surface area contributed by atoms with Gasteiger partial charge in [-0.1, -0.05) is 0 Å². The van der Waals surface area contributed by atoms with Gasteiger partial charge in [-0.25, -0.2) is 4.79 Å². The van der Waals surface area contributed by atoms with Crippen molar-refractivity contribution in [1.82, 2.24) is 16.0 Å². The number of aliphatic carboxylic acids is 2. The normalized spacial score (nSPS) is 13.2. The molecule has 0 saturated carbocycles. The smallest absolute Gasteiger partial charge is 0.326 e. The summed E-state index contributed by atoms with van der Waals surface area (Å²) in [5.41, 5.74) is 15.5. The first-order valence-corrected chi connectivity index (χ1v) is 9.86. The molecule has 31 heavy (non-hydrogen) atoms. The van der Waals surface area contributed by atoms with Crippen molar-refractivity contribution in [3.63, 3.8) is 0 Å². The van der Waals surface area contributed by atoms with Gasteiger partial charge >= 0.3 is 11.9 Å². The number of rotatable bonds is 15. The Kier molecular flexibility index (Phi) is 13.4. The van der Waals surface area contributed by atoms with Crippen LogP contribution >= 0.6 is 12.6 Å². The van der Waals surface area contributed by atoms with E-state index in [1.165, 1.54) is 0 Å². The van der Waals surface area contributed by atoms with Crippen molar-refractivity contribution >= 4 is 48.2 Å². The molecule has 0 aromatic heterocycles. The minimum atomic E-state index is -1.36. The van der Waals surface area contributed by atoms with E-state index in [1.807, 2.05) is 0 Å². The summed E-state index contributed by atoms with van der Waals surface area (Å²) in [5, 5.41) is 25.1. The Morgan fingerprint density at radius 1 is 0.903 bits per heavy atom. The van der Waals surface area contributed by atoms with Gasteiger partial charge in [0.25, 0.3) is 0 Å². The van der Waals surface area contributed by atoms with E-state index >= 15 is 0 Å². The van der Waals surface area contributed by atoms with E-state index in [4.69, 9.17) is 22.3 Å². The molecule has 3 unspecified atom stereocenters. The second-order valence-corrected chi connectivity index (χ2v) is 6.71. The van der Waals surface area contributed by atoms with E-state index in [0.29, 0.717) is 0 Å². The first-order chi connectivity index (χ1) is 14.5. The summed E-state index contributed by atoms with van der Waals surface area (Å²) < 4.78 is 0. The molecule has 11 N–H and O–H groups in total. The molecule has 0 radical (unpaired) electrons. The Hall–Kier alpha value is -3.07. The van der Waals surface area contributed by atoms with Crippen LogP contribution in [-0.2, 0) is 24.0 Å². The van der Waals surface area contributed by atoms with Crippen LogP contribution in [0.15, 0.2) is 4.99 Å². The fourth-order valence-corrected chi connectivity index (χ4v) is 2.55. The third-order valence-corrected chi connectivity index (χ3v) is 4.22. The van der Waals surface area contributed by atoms with E-state index < -0.39 is 54.2 Å². The van der Waals surface area contributed by atoms with Crippen LogP contribution in [-0.4, -0.2) is 82.8 Å². The number of aliphatic imine (C=N–C) groups is 1. The molecule has 0 heterocycles. The monoisotopic (exact) mass is 463 g/mol. The number of hydrogen-bond donors (Lipinski definition) is 9. The van der Waals surface area contributed by atoms with Crippen molar-refractivity contribution in [1.29, 1.82) is 0 Å². The van der Waals surface area contributed by atoms with Gasteiger partial charge in [0.15, 0.2) is 5.96 Å². The molecule has 0 aliphatic heterocycles. The summed E-state index contributed by atoms with van der Waals surface area (Å²) in [6, 6.07) is -3.81. The second kappa shape index (κ2) is 14.8. The lowest BCUT2D eigenvalue weighted by Gasteiger charge is -2.23. The Morgan fingerprint density at radius 2 is 1.48 bits per heavy atom. The van der Waals surface area contributed by atoms with Crippen molar-refractivity contribution in [2.75, 3.05) is 18.8 Å². The average molecular weight is 464 g/mol. The SMILES string of the molecule is NCC(=O)NC(CS)C(=O)NC(CCC(=O)O)C(=O)NC(CCCN=C(N)N)C(=O)O. The van der Waals surface area contributed by atoms with Gasteiger partial charge in [-0.3, -0.25) is 24.2 Å². The first-order valence-electron chi connectivity index (χ1n) is 9.22. The zero-order valence-corrected chi connectivity index (χ0v) is 17.6. The fourth-order valence-electron chi connectivity index (χ4n) is 2.29. The van der Waals surface area contributed by atoms with Crippen LogP contribution in [0.2, 0.25) is 0 Å². The topological polar surface area (TPSA) is 252 Å². The van der Waals surface area contributed by atoms with Crippen LogP contribution < -0.4 is 33.2 Å². The highest BCUT2D eigenvalue weighted by Crippen LogP contribution is 2.04. The number of amides is 3. The average Bonchev–Trinajstić information content (AvgIpc) is 2.70. The molecule has 0 aromatic carbocycles. The van der Waals surface area contributed by atoms with Crippen molar-refractivity contribution in [2.24, 2.45) is 22.2 Å². The number of nitrogens with two attached hydrogens (primary N) is 3. The quantitative estimate of drug-likeness (QED) is 0.0497. The molecular formula is C16H29N7O7S. The van der Waals surface area contributed by atoms with Crippen molar-refractivity contribution in [3.05, 3.63) is 0 Å². The molecule has 0 rings (SSSR count). The van der Waals surface area contributed by atoms with E-state index in [9.17, 15) is 29.1 Å². The van der Waals surface area contributed by atoms with E-state index in [-0.39, 0.29) is 44.1 Å². The van der Waals surface area contributed by atoms with Gasteiger partial charge in [-0.2, -0.15) is 12.6 Å². The standard InChI is InChI=1S/C16H29N7O7S/c17-6-11(24)21-10(7-31)14(28)22-8(3-4-12(25)26)13(27)23-9(15(29)30)2-1-5-20-16(18)19/h8-10,31H,1-7,17H2,(H,21,24)(H,22,28)(H,23,27)(H,25,26)(H,29,30)(H4,18,19,20). The molecule has 0 saturated heterocycles. The van der Waals surface area contributed by atoms with Crippen molar-refractivity contribution < 1.29 is 34.2 Å². The Morgan fingerprint density at radius 3 is 1.97 bits per heavy atom. The molecule has 0 aromatic rings. The highest BCUT2D eigenvalue weighted by Gasteiger charge is 2.29. The number of nitrogens with one attached hydrogen (secondary N) is 3. The summed E-state index contributed by atoms with van der Waals surface area (Å²) in [4.78, 5) is 62.4. The molecule has 0 spiro atoms. The predicted molar refractivity (Wildman–Crippen MR) is 113 cm³/mol. The summed E-state index contributed by atoms with van der Waals surface area (Å²) >= 11 is 3.95. The Labute approximate surface area is 183 Å². The number of guanidine groups is 1. The molecule has 0 fully saturated rings.